The number of hydrogen-bond donors (Lipinski definition) is 1. The van der Waals surface area contributed by atoms with Crippen LogP contribution in [0.3, 0.4) is 0 Å². The van der Waals surface area contributed by atoms with Crippen LogP contribution in [0.5, 0.6) is 0 Å². The minimum atomic E-state index is -4.94. The van der Waals surface area contributed by atoms with Gasteiger partial charge >= 0.3 is 12.1 Å². The molecule has 0 fully saturated rings. The van der Waals surface area contributed by atoms with E-state index in [1.165, 1.54) is 17.0 Å². The summed E-state index contributed by atoms with van der Waals surface area (Å²) in [4.78, 5) is 23.6. The molecule has 22 heavy (non-hydrogen) atoms. The lowest BCUT2D eigenvalue weighted by atomic mass is 10.2. The first-order valence-corrected chi connectivity index (χ1v) is 6.76. The number of carbonyl (C=O) groups is 2. The van der Waals surface area contributed by atoms with Crippen LogP contribution in [0.15, 0.2) is 24.3 Å². The van der Waals surface area contributed by atoms with Crippen LogP contribution < -0.4 is 10.2 Å². The number of amides is 2. The summed E-state index contributed by atoms with van der Waals surface area (Å²) >= 11 is 5.47. The van der Waals surface area contributed by atoms with E-state index in [1.807, 2.05) is 0 Å². The Morgan fingerprint density at radius 2 is 1.77 bits per heavy atom. The predicted octanol–water partition coefficient (Wildman–Crippen LogP) is 2.47. The molecular formula is C13H13ClF4N2O2. The van der Waals surface area contributed by atoms with E-state index in [0.29, 0.717) is 5.69 Å². The first-order chi connectivity index (χ1) is 10.3. The standard InChI is InChI=1S/C13H13ClF4N2O2/c14-8-11(21)20(10-4-2-9(15)3-5-10)7-1-6-19-12(22)13(16,17)18/h2-5H,1,6-8H2,(H,19,22). The maximum absolute atomic E-state index is 12.9. The molecule has 0 aliphatic rings. The van der Waals surface area contributed by atoms with Crippen LogP contribution in [-0.4, -0.2) is 37.0 Å². The van der Waals surface area contributed by atoms with Gasteiger partial charge in [0.15, 0.2) is 0 Å². The number of halogens is 5. The maximum atomic E-state index is 12.9. The number of carbonyl (C=O) groups excluding carboxylic acids is 2. The zero-order valence-corrected chi connectivity index (χ0v) is 12.0. The Kier molecular flexibility index (Phi) is 6.61. The van der Waals surface area contributed by atoms with Gasteiger partial charge in [0.25, 0.3) is 0 Å². The lowest BCUT2D eigenvalue weighted by Gasteiger charge is -2.22. The Labute approximate surface area is 129 Å². The third-order valence-electron chi connectivity index (χ3n) is 2.66. The molecule has 1 aromatic carbocycles. The smallest absolute Gasteiger partial charge is 0.348 e. The molecule has 1 N–H and O–H groups in total. The summed E-state index contributed by atoms with van der Waals surface area (Å²) in [6, 6.07) is 5.01. The molecule has 0 bridgehead atoms. The molecule has 1 aromatic rings. The molecule has 0 aliphatic carbocycles. The number of alkyl halides is 4. The monoisotopic (exact) mass is 340 g/mol. The van der Waals surface area contributed by atoms with E-state index in [1.54, 1.807) is 5.32 Å². The van der Waals surface area contributed by atoms with E-state index in [4.69, 9.17) is 11.6 Å². The van der Waals surface area contributed by atoms with Crippen molar-refractivity contribution in [3.05, 3.63) is 30.1 Å². The van der Waals surface area contributed by atoms with Gasteiger partial charge in [0.05, 0.1) is 0 Å². The highest BCUT2D eigenvalue weighted by atomic mass is 35.5. The van der Waals surface area contributed by atoms with Crippen LogP contribution >= 0.6 is 11.6 Å². The van der Waals surface area contributed by atoms with Crippen LogP contribution in [0.25, 0.3) is 0 Å². The molecule has 9 heteroatoms. The van der Waals surface area contributed by atoms with Gasteiger partial charge in [-0.3, -0.25) is 9.59 Å². The van der Waals surface area contributed by atoms with Gasteiger partial charge in [-0.15, -0.1) is 11.6 Å². The molecule has 0 saturated carbocycles. The van der Waals surface area contributed by atoms with Crippen LogP contribution in [-0.2, 0) is 9.59 Å². The fourth-order valence-electron chi connectivity index (χ4n) is 1.63. The Morgan fingerprint density at radius 1 is 1.18 bits per heavy atom. The summed E-state index contributed by atoms with van der Waals surface area (Å²) in [6.45, 7) is -0.221. The molecule has 1 rings (SSSR count). The summed E-state index contributed by atoms with van der Waals surface area (Å²) in [5, 5.41) is 1.70. The summed E-state index contributed by atoms with van der Waals surface area (Å²) < 4.78 is 48.8. The van der Waals surface area contributed by atoms with Gasteiger partial charge in [-0.2, -0.15) is 13.2 Å². The molecule has 0 atom stereocenters. The number of nitrogens with one attached hydrogen (secondary N) is 1. The second kappa shape index (κ2) is 7.98. The van der Waals surface area contributed by atoms with E-state index in [0.717, 1.165) is 12.1 Å². The normalized spacial score (nSPS) is 11.1. The van der Waals surface area contributed by atoms with E-state index in [2.05, 4.69) is 0 Å². The van der Waals surface area contributed by atoms with Crippen LogP contribution in [0.2, 0.25) is 0 Å². The molecular weight excluding hydrogens is 328 g/mol. The minimum Gasteiger partial charge on any atom is -0.348 e. The highest BCUT2D eigenvalue weighted by Gasteiger charge is 2.38. The molecule has 0 heterocycles. The van der Waals surface area contributed by atoms with Crippen molar-refractivity contribution in [2.24, 2.45) is 0 Å². The van der Waals surface area contributed by atoms with Crippen LogP contribution in [0.1, 0.15) is 6.42 Å². The zero-order valence-electron chi connectivity index (χ0n) is 11.3. The molecule has 122 valence electrons. The largest absolute Gasteiger partial charge is 0.471 e. The number of nitrogens with zero attached hydrogens (tertiary/aromatic N) is 1. The van der Waals surface area contributed by atoms with Crippen molar-refractivity contribution in [3.8, 4) is 0 Å². The van der Waals surface area contributed by atoms with Gasteiger partial charge in [-0.1, -0.05) is 0 Å². The molecule has 0 aliphatic heterocycles. The average Bonchev–Trinajstić information content (AvgIpc) is 2.46. The Bertz CT molecular complexity index is 520. The van der Waals surface area contributed by atoms with E-state index in [-0.39, 0.29) is 25.4 Å². The van der Waals surface area contributed by atoms with E-state index in [9.17, 15) is 27.2 Å². The SMILES string of the molecule is O=C(CCl)N(CCCNC(=O)C(F)(F)F)c1ccc(F)cc1. The summed E-state index contributed by atoms with van der Waals surface area (Å²) in [6.07, 6.45) is -4.86. The first kappa shape index (κ1) is 18.2. The van der Waals surface area contributed by atoms with Gasteiger partial charge in [-0.25, -0.2) is 4.39 Å². The summed E-state index contributed by atoms with van der Waals surface area (Å²) in [7, 11) is 0. The highest BCUT2D eigenvalue weighted by molar-refractivity contribution is 6.29. The summed E-state index contributed by atoms with van der Waals surface area (Å²) in [5.41, 5.74) is 0.370. The van der Waals surface area contributed by atoms with Gasteiger partial charge in [0.2, 0.25) is 5.91 Å². The van der Waals surface area contributed by atoms with Crippen molar-refractivity contribution in [2.75, 3.05) is 23.9 Å². The Morgan fingerprint density at radius 3 is 2.27 bits per heavy atom. The highest BCUT2D eigenvalue weighted by Crippen LogP contribution is 2.16. The molecule has 0 spiro atoms. The average molecular weight is 341 g/mol. The van der Waals surface area contributed by atoms with Crippen LogP contribution in [0, 0.1) is 5.82 Å². The van der Waals surface area contributed by atoms with Gasteiger partial charge in [-0.05, 0) is 30.7 Å². The number of benzene rings is 1. The lowest BCUT2D eigenvalue weighted by Crippen LogP contribution is -2.39. The van der Waals surface area contributed by atoms with Crippen molar-refractivity contribution < 1.29 is 27.2 Å². The third kappa shape index (κ3) is 5.51. The summed E-state index contributed by atoms with van der Waals surface area (Å²) in [5.74, 6) is -3.33. The van der Waals surface area contributed by atoms with Crippen molar-refractivity contribution >= 4 is 29.1 Å². The van der Waals surface area contributed by atoms with Crippen molar-refractivity contribution in [1.82, 2.24) is 5.32 Å². The number of anilines is 1. The van der Waals surface area contributed by atoms with Crippen LogP contribution in [0.4, 0.5) is 23.2 Å². The second-order valence-corrected chi connectivity index (χ2v) is 4.53. The van der Waals surface area contributed by atoms with Crippen molar-refractivity contribution in [2.45, 2.75) is 12.6 Å². The molecule has 0 saturated heterocycles. The topological polar surface area (TPSA) is 49.4 Å². The fraction of sp³-hybridized carbons (Fsp3) is 0.385. The third-order valence-corrected chi connectivity index (χ3v) is 2.88. The van der Waals surface area contributed by atoms with E-state index >= 15 is 0 Å². The minimum absolute atomic E-state index is 0.0370. The Hall–Kier alpha value is -1.83. The molecule has 2 amide bonds. The van der Waals surface area contributed by atoms with Crippen molar-refractivity contribution in [1.29, 1.82) is 0 Å². The number of rotatable bonds is 6. The fourth-order valence-corrected chi connectivity index (χ4v) is 1.77. The second-order valence-electron chi connectivity index (χ2n) is 4.26. The lowest BCUT2D eigenvalue weighted by molar-refractivity contribution is -0.173. The van der Waals surface area contributed by atoms with Crippen molar-refractivity contribution in [3.63, 3.8) is 0 Å². The quantitative estimate of drug-likeness (QED) is 0.491. The zero-order chi connectivity index (χ0) is 16.8. The molecule has 0 unspecified atom stereocenters. The predicted molar refractivity (Wildman–Crippen MR) is 73.2 cm³/mol. The van der Waals surface area contributed by atoms with Gasteiger partial charge < -0.3 is 10.2 Å². The van der Waals surface area contributed by atoms with Gasteiger partial charge in [0, 0.05) is 18.8 Å². The molecule has 4 nitrogen and oxygen atoms in total. The van der Waals surface area contributed by atoms with Gasteiger partial charge in [0.1, 0.15) is 11.7 Å². The number of hydrogen-bond acceptors (Lipinski definition) is 2. The maximum Gasteiger partial charge on any atom is 0.471 e. The molecule has 0 aromatic heterocycles. The van der Waals surface area contributed by atoms with E-state index < -0.39 is 23.8 Å². The Balaban J connectivity index is 2.59. The molecule has 0 radical (unpaired) electrons. The first-order valence-electron chi connectivity index (χ1n) is 6.22.